The lowest BCUT2D eigenvalue weighted by Gasteiger charge is -2.39. The zero-order valence-electron chi connectivity index (χ0n) is 24.2. The molecule has 0 saturated carbocycles. The molecule has 1 N–H and O–H groups in total. The van der Waals surface area contributed by atoms with Gasteiger partial charge in [-0.3, -0.25) is 9.48 Å². The molecule has 1 saturated heterocycles. The first-order valence-electron chi connectivity index (χ1n) is 13.7. The second-order valence-electron chi connectivity index (χ2n) is 11.4. The van der Waals surface area contributed by atoms with Gasteiger partial charge in [0.2, 0.25) is 0 Å². The van der Waals surface area contributed by atoms with Crippen molar-refractivity contribution in [3.8, 4) is 0 Å². The Hall–Kier alpha value is -4.22. The summed E-state index contributed by atoms with van der Waals surface area (Å²) >= 11 is 0. The summed E-state index contributed by atoms with van der Waals surface area (Å²) in [5.74, 6) is -2.07. The molecule has 1 aromatic carbocycles. The summed E-state index contributed by atoms with van der Waals surface area (Å²) in [6.07, 6.45) is 5.94. The van der Waals surface area contributed by atoms with Crippen LogP contribution in [0.2, 0.25) is 0 Å². The topological polar surface area (TPSA) is 97.0 Å². The van der Waals surface area contributed by atoms with Crippen LogP contribution in [0, 0.1) is 18.6 Å². The predicted octanol–water partition coefficient (Wildman–Crippen LogP) is 5.29. The summed E-state index contributed by atoms with van der Waals surface area (Å²) in [6.45, 7) is 10.9. The van der Waals surface area contributed by atoms with E-state index in [4.69, 9.17) is 4.74 Å². The summed E-state index contributed by atoms with van der Waals surface area (Å²) in [5, 5.41) is 7.65. The van der Waals surface area contributed by atoms with E-state index in [2.05, 4.69) is 20.3 Å². The smallest absolute Gasteiger partial charge is 0.410 e. The molecule has 3 aromatic heterocycles. The van der Waals surface area contributed by atoms with Gasteiger partial charge in [0.25, 0.3) is 5.91 Å². The van der Waals surface area contributed by atoms with Crippen LogP contribution < -0.4 is 10.2 Å². The number of hydrogen-bond acceptors (Lipinski definition) is 6. The first kappa shape index (κ1) is 28.3. The van der Waals surface area contributed by atoms with Gasteiger partial charge in [0.1, 0.15) is 22.5 Å². The lowest BCUT2D eigenvalue weighted by molar-refractivity contribution is 0.0149. The number of nitrogens with one attached hydrogen (secondary N) is 1. The number of halogens is 2. The highest BCUT2D eigenvalue weighted by atomic mass is 19.1. The minimum atomic E-state index is -0.733. The SMILES string of the molecule is CCN(C(=O)OC(C)(C)C)C1CCN(c2cc(F)c(C(=O)Nc3cc(F)c4nc(C)cn4c3)c3nn(C)cc23)CC1. The fraction of sp³-hybridized carbons (Fsp3) is 0.448. The number of fused-ring (bicyclic) bond motifs is 2. The van der Waals surface area contributed by atoms with Crippen molar-refractivity contribution in [2.24, 2.45) is 7.05 Å². The maximum absolute atomic E-state index is 15.7. The molecule has 1 fully saturated rings. The lowest BCUT2D eigenvalue weighted by atomic mass is 10.0. The molecule has 0 spiro atoms. The molecule has 0 bridgehead atoms. The third-order valence-electron chi connectivity index (χ3n) is 7.17. The first-order valence-corrected chi connectivity index (χ1v) is 13.7. The second-order valence-corrected chi connectivity index (χ2v) is 11.4. The molecule has 0 aliphatic carbocycles. The Morgan fingerprint density at radius 3 is 2.49 bits per heavy atom. The molecule has 1 aliphatic heterocycles. The average molecular weight is 568 g/mol. The minimum absolute atomic E-state index is 0.00223. The third-order valence-corrected chi connectivity index (χ3v) is 7.17. The van der Waals surface area contributed by atoms with Gasteiger partial charge in [-0.15, -0.1) is 0 Å². The van der Waals surface area contributed by atoms with E-state index in [1.807, 2.05) is 27.7 Å². The fourth-order valence-electron chi connectivity index (χ4n) is 5.44. The number of amides is 2. The van der Waals surface area contributed by atoms with Crippen LogP contribution >= 0.6 is 0 Å². The molecule has 1 aliphatic rings. The van der Waals surface area contributed by atoms with Gasteiger partial charge >= 0.3 is 6.09 Å². The van der Waals surface area contributed by atoms with E-state index in [-0.39, 0.29) is 34.5 Å². The van der Waals surface area contributed by atoms with Crippen LogP contribution in [0.15, 0.2) is 30.7 Å². The summed E-state index contributed by atoms with van der Waals surface area (Å²) in [6, 6.07) is 2.51. The van der Waals surface area contributed by atoms with Crippen LogP contribution in [-0.4, -0.2) is 67.3 Å². The van der Waals surface area contributed by atoms with Crippen LogP contribution in [0.1, 0.15) is 56.6 Å². The number of carbonyl (C=O) groups is 2. The fourth-order valence-corrected chi connectivity index (χ4v) is 5.44. The van der Waals surface area contributed by atoms with Crippen molar-refractivity contribution >= 4 is 39.9 Å². The van der Waals surface area contributed by atoms with Gasteiger partial charge in [-0.2, -0.15) is 5.10 Å². The molecule has 218 valence electrons. The van der Waals surface area contributed by atoms with Crippen LogP contribution in [0.25, 0.3) is 16.6 Å². The lowest BCUT2D eigenvalue weighted by Crippen LogP contribution is -2.48. The number of carbonyl (C=O) groups excluding carboxylic acids is 2. The van der Waals surface area contributed by atoms with E-state index in [0.717, 1.165) is 6.07 Å². The molecule has 2 amide bonds. The summed E-state index contributed by atoms with van der Waals surface area (Å²) < 4.78 is 38.8. The molecule has 12 heteroatoms. The van der Waals surface area contributed by atoms with Gasteiger partial charge in [0.15, 0.2) is 11.5 Å². The normalized spacial score (nSPS) is 14.6. The number of anilines is 2. The Morgan fingerprint density at radius 2 is 1.83 bits per heavy atom. The van der Waals surface area contributed by atoms with Crippen molar-refractivity contribution in [3.05, 3.63) is 53.6 Å². The van der Waals surface area contributed by atoms with Gasteiger partial charge in [-0.25, -0.2) is 18.6 Å². The molecule has 5 rings (SSSR count). The third kappa shape index (κ3) is 5.68. The van der Waals surface area contributed by atoms with Gasteiger partial charge in [-0.05, 0) is 53.5 Å². The molecular weight excluding hydrogens is 532 g/mol. The first-order chi connectivity index (χ1) is 19.3. The van der Waals surface area contributed by atoms with Gasteiger partial charge < -0.3 is 24.3 Å². The minimum Gasteiger partial charge on any atom is -0.444 e. The zero-order chi connectivity index (χ0) is 29.6. The molecule has 0 unspecified atom stereocenters. The molecule has 4 aromatic rings. The van der Waals surface area contributed by atoms with Crippen molar-refractivity contribution in [1.82, 2.24) is 24.1 Å². The van der Waals surface area contributed by atoms with Crippen molar-refractivity contribution in [3.63, 3.8) is 0 Å². The van der Waals surface area contributed by atoms with Crippen molar-refractivity contribution in [2.45, 2.75) is 59.1 Å². The van der Waals surface area contributed by atoms with Crippen LogP contribution in [-0.2, 0) is 11.8 Å². The molecule has 4 heterocycles. The Bertz CT molecular complexity index is 1630. The van der Waals surface area contributed by atoms with Crippen LogP contribution in [0.5, 0.6) is 0 Å². The van der Waals surface area contributed by atoms with Gasteiger partial charge in [-0.1, -0.05) is 0 Å². The average Bonchev–Trinajstić information content (AvgIpc) is 3.45. The molecule has 41 heavy (non-hydrogen) atoms. The number of imidazole rings is 1. The van der Waals surface area contributed by atoms with E-state index < -0.39 is 23.1 Å². The predicted molar refractivity (Wildman–Crippen MR) is 152 cm³/mol. The zero-order valence-corrected chi connectivity index (χ0v) is 24.2. The molecule has 0 atom stereocenters. The standard InChI is InChI=1S/C29H35F2N7O3/c1-7-38(28(40)41-29(3,4)5)19-8-10-36(11-9-19)23-13-21(30)24(25-20(23)16-35(6)34-25)27(39)33-18-12-22(31)26-32-17(2)14-37(26)15-18/h12-16,19H,7-11H2,1-6H3,(H,33,39). The largest absolute Gasteiger partial charge is 0.444 e. The highest BCUT2D eigenvalue weighted by molar-refractivity contribution is 6.14. The Kier molecular flexibility index (Phi) is 7.35. The maximum Gasteiger partial charge on any atom is 0.410 e. The molecule has 10 nitrogen and oxygen atoms in total. The van der Waals surface area contributed by atoms with Crippen molar-refractivity contribution in [1.29, 1.82) is 0 Å². The number of rotatable bonds is 5. The quantitative estimate of drug-likeness (QED) is 0.352. The highest BCUT2D eigenvalue weighted by Crippen LogP contribution is 2.34. The van der Waals surface area contributed by atoms with Crippen LogP contribution in [0.4, 0.5) is 25.0 Å². The number of nitrogens with zero attached hydrogens (tertiary/aromatic N) is 6. The van der Waals surface area contributed by atoms with E-state index in [9.17, 15) is 14.0 Å². The van der Waals surface area contributed by atoms with Gasteiger partial charge in [0, 0.05) is 62.8 Å². The number of aromatic nitrogens is 4. The number of piperidine rings is 1. The summed E-state index contributed by atoms with van der Waals surface area (Å²) in [5.41, 5.74) is 0.970. The second kappa shape index (κ2) is 10.6. The van der Waals surface area contributed by atoms with E-state index in [1.165, 1.54) is 16.7 Å². The Balaban J connectivity index is 1.38. The number of pyridine rings is 1. The molecular formula is C29H35F2N7O3. The highest BCUT2D eigenvalue weighted by Gasteiger charge is 2.32. The number of hydrogen-bond donors (Lipinski definition) is 1. The maximum atomic E-state index is 15.7. The van der Waals surface area contributed by atoms with E-state index in [1.54, 1.807) is 35.9 Å². The van der Waals surface area contributed by atoms with Gasteiger partial charge in [0.05, 0.1) is 17.1 Å². The number of aryl methyl sites for hydroxylation is 2. The van der Waals surface area contributed by atoms with E-state index >= 15 is 4.39 Å². The number of benzene rings is 1. The Morgan fingerprint density at radius 1 is 1.12 bits per heavy atom. The van der Waals surface area contributed by atoms with Crippen LogP contribution in [0.3, 0.4) is 0 Å². The summed E-state index contributed by atoms with van der Waals surface area (Å²) in [4.78, 5) is 34.0. The Labute approximate surface area is 236 Å². The van der Waals surface area contributed by atoms with Crippen molar-refractivity contribution in [2.75, 3.05) is 29.9 Å². The van der Waals surface area contributed by atoms with E-state index in [0.29, 0.717) is 49.2 Å². The number of ether oxygens (including phenoxy) is 1. The monoisotopic (exact) mass is 567 g/mol. The summed E-state index contributed by atoms with van der Waals surface area (Å²) in [7, 11) is 1.71. The van der Waals surface area contributed by atoms with Crippen molar-refractivity contribution < 1.29 is 23.1 Å². The molecule has 0 radical (unpaired) electrons.